The minimum absolute atomic E-state index is 0.000884. The van der Waals surface area contributed by atoms with Crippen LogP contribution in [0.25, 0.3) is 0 Å². The Kier molecular flexibility index (Phi) is 12.5. The SMILES string of the molecule is CCOP1(=O)CCN(Cc2ccccc2)C[C@@]1(CCCCN(C(=O)OC(C)(C)C)C(=O)OC(C)(C)C)C(=O)OC(C)(C)C. The molecule has 0 bridgehead atoms. The van der Waals surface area contributed by atoms with Crippen molar-refractivity contribution in [1.82, 2.24) is 9.80 Å². The number of unbranched alkanes of at least 4 members (excludes halogenated alkanes) is 1. The lowest BCUT2D eigenvalue weighted by molar-refractivity contribution is -0.160. The highest BCUT2D eigenvalue weighted by Crippen LogP contribution is 2.64. The first-order valence-electron chi connectivity index (χ1n) is 15.2. The van der Waals surface area contributed by atoms with Crippen molar-refractivity contribution in [1.29, 1.82) is 0 Å². The molecule has 1 aliphatic heterocycles. The molecule has 1 aliphatic rings. The summed E-state index contributed by atoms with van der Waals surface area (Å²) in [5.41, 5.74) is -1.34. The second-order valence-corrected chi connectivity index (χ2v) is 17.0. The number of imide groups is 1. The van der Waals surface area contributed by atoms with Crippen LogP contribution in [-0.4, -0.2) is 82.3 Å². The number of benzene rings is 1. The van der Waals surface area contributed by atoms with Crippen LogP contribution in [0.4, 0.5) is 9.59 Å². The molecule has 1 unspecified atom stereocenters. The fourth-order valence-electron chi connectivity index (χ4n) is 4.92. The maximum absolute atomic E-state index is 14.6. The molecule has 0 radical (unpaired) electrons. The van der Waals surface area contributed by atoms with Gasteiger partial charge in [0.25, 0.3) is 0 Å². The minimum Gasteiger partial charge on any atom is -0.459 e. The van der Waals surface area contributed by atoms with Gasteiger partial charge in [0.15, 0.2) is 5.16 Å². The van der Waals surface area contributed by atoms with E-state index >= 15 is 0 Å². The molecule has 1 fully saturated rings. The third kappa shape index (κ3) is 11.2. The van der Waals surface area contributed by atoms with E-state index in [0.717, 1.165) is 10.5 Å². The molecule has 0 spiro atoms. The molecule has 0 N–H and O–H groups in total. The number of hydrogen-bond donors (Lipinski definition) is 0. The van der Waals surface area contributed by atoms with Crippen molar-refractivity contribution in [3.8, 4) is 0 Å². The van der Waals surface area contributed by atoms with Crippen molar-refractivity contribution < 1.29 is 37.7 Å². The summed E-state index contributed by atoms with van der Waals surface area (Å²) in [7, 11) is -3.51. The van der Waals surface area contributed by atoms with Crippen LogP contribution in [-0.2, 0) is 34.6 Å². The smallest absolute Gasteiger partial charge is 0.419 e. The largest absolute Gasteiger partial charge is 0.459 e. The van der Waals surface area contributed by atoms with Gasteiger partial charge in [-0.25, -0.2) is 14.5 Å². The Bertz CT molecular complexity index is 1110. The van der Waals surface area contributed by atoms with Crippen molar-refractivity contribution >= 4 is 25.5 Å². The summed E-state index contributed by atoms with van der Waals surface area (Å²) in [6.45, 7) is 19.0. The molecule has 10 nitrogen and oxygen atoms in total. The van der Waals surface area contributed by atoms with Crippen LogP contribution in [0, 0.1) is 0 Å². The number of hydrogen-bond acceptors (Lipinski definition) is 9. The third-order valence-electron chi connectivity index (χ3n) is 6.66. The van der Waals surface area contributed by atoms with E-state index in [2.05, 4.69) is 4.90 Å². The van der Waals surface area contributed by atoms with Gasteiger partial charge < -0.3 is 18.7 Å². The molecule has 43 heavy (non-hydrogen) atoms. The molecule has 1 aromatic rings. The minimum atomic E-state index is -3.51. The quantitative estimate of drug-likeness (QED) is 0.115. The number of esters is 1. The molecule has 1 saturated heterocycles. The van der Waals surface area contributed by atoms with Crippen molar-refractivity contribution in [2.24, 2.45) is 0 Å². The van der Waals surface area contributed by atoms with Gasteiger partial charge in [-0.2, -0.15) is 0 Å². The average Bonchev–Trinajstić information content (AvgIpc) is 2.83. The van der Waals surface area contributed by atoms with Gasteiger partial charge in [0.05, 0.1) is 6.61 Å². The second-order valence-electron chi connectivity index (χ2n) is 14.1. The van der Waals surface area contributed by atoms with Gasteiger partial charge in [0.2, 0.25) is 7.37 Å². The first-order valence-corrected chi connectivity index (χ1v) is 17.0. The first-order chi connectivity index (χ1) is 19.7. The number of rotatable bonds is 10. The van der Waals surface area contributed by atoms with E-state index in [1.165, 1.54) is 0 Å². The highest BCUT2D eigenvalue weighted by Gasteiger charge is 2.59. The predicted molar refractivity (Wildman–Crippen MR) is 167 cm³/mol. The van der Waals surface area contributed by atoms with Crippen LogP contribution in [0.1, 0.15) is 94.1 Å². The van der Waals surface area contributed by atoms with Crippen molar-refractivity contribution in [2.75, 3.05) is 32.4 Å². The predicted octanol–water partition coefficient (Wildman–Crippen LogP) is 7.24. The normalized spacial score (nSPS) is 21.6. The van der Waals surface area contributed by atoms with Gasteiger partial charge in [-0.1, -0.05) is 30.3 Å². The van der Waals surface area contributed by atoms with Gasteiger partial charge in [0, 0.05) is 32.3 Å². The lowest BCUT2D eigenvalue weighted by Crippen LogP contribution is -2.56. The standard InChI is InChI=1S/C32H53N2O8P/c1-11-39-43(38)22-21-33(23-25-17-13-12-14-18-25)24-32(43,26(35)40-29(2,3)4)19-15-16-20-34(27(36)41-30(5,6)7)28(37)42-31(8,9)10/h12-14,17-18H,11,15-16,19-24H2,1-10H3/t32-,43?/m0/s1. The van der Waals surface area contributed by atoms with E-state index in [-0.39, 0.29) is 32.3 Å². The van der Waals surface area contributed by atoms with Crippen molar-refractivity contribution in [3.63, 3.8) is 0 Å². The van der Waals surface area contributed by atoms with E-state index in [1.54, 1.807) is 69.2 Å². The van der Waals surface area contributed by atoms with Crippen LogP contribution >= 0.6 is 7.37 Å². The fraction of sp³-hybridized carbons (Fsp3) is 0.719. The number of carbonyl (C=O) groups is 3. The maximum Gasteiger partial charge on any atom is 0.419 e. The summed E-state index contributed by atoms with van der Waals surface area (Å²) < 4.78 is 37.4. The number of nitrogens with zero attached hydrogens (tertiary/aromatic N) is 2. The molecule has 0 aliphatic carbocycles. The highest BCUT2D eigenvalue weighted by atomic mass is 31.2. The topological polar surface area (TPSA) is 112 Å². The van der Waals surface area contributed by atoms with Crippen LogP contribution in [0.2, 0.25) is 0 Å². The summed E-state index contributed by atoms with van der Waals surface area (Å²) in [6, 6.07) is 9.92. The summed E-state index contributed by atoms with van der Waals surface area (Å²) >= 11 is 0. The Morgan fingerprint density at radius 2 is 1.40 bits per heavy atom. The number of ether oxygens (including phenoxy) is 3. The molecular weight excluding hydrogens is 571 g/mol. The van der Waals surface area contributed by atoms with Crippen LogP contribution in [0.5, 0.6) is 0 Å². The number of carbonyl (C=O) groups excluding carboxylic acids is 3. The molecule has 1 aromatic carbocycles. The Balaban J connectivity index is 2.36. The molecule has 0 saturated carbocycles. The van der Waals surface area contributed by atoms with E-state index in [4.69, 9.17) is 18.7 Å². The van der Waals surface area contributed by atoms with Gasteiger partial charge in [0.1, 0.15) is 16.8 Å². The molecule has 2 amide bonds. The van der Waals surface area contributed by atoms with Gasteiger partial charge >= 0.3 is 18.2 Å². The average molecular weight is 625 g/mol. The van der Waals surface area contributed by atoms with E-state index < -0.39 is 47.5 Å². The Hall–Kier alpha value is -2.42. The van der Waals surface area contributed by atoms with Crippen LogP contribution in [0.15, 0.2) is 30.3 Å². The zero-order valence-corrected chi connectivity index (χ0v) is 28.8. The van der Waals surface area contributed by atoms with Crippen molar-refractivity contribution in [3.05, 3.63) is 35.9 Å². The summed E-state index contributed by atoms with van der Waals surface area (Å²) in [5, 5.41) is -1.41. The highest BCUT2D eigenvalue weighted by molar-refractivity contribution is 7.62. The zero-order chi connectivity index (χ0) is 32.7. The summed E-state index contributed by atoms with van der Waals surface area (Å²) in [6.07, 6.45) is -0.507. The monoisotopic (exact) mass is 624 g/mol. The molecule has 2 rings (SSSR count). The van der Waals surface area contributed by atoms with Gasteiger partial charge in [-0.05, 0) is 94.1 Å². The zero-order valence-electron chi connectivity index (χ0n) is 27.9. The van der Waals surface area contributed by atoms with Crippen molar-refractivity contribution in [2.45, 2.75) is 117 Å². The van der Waals surface area contributed by atoms with E-state index in [9.17, 15) is 18.9 Å². The molecule has 1 heterocycles. The first kappa shape index (κ1) is 36.8. The lowest BCUT2D eigenvalue weighted by atomic mass is 9.98. The maximum atomic E-state index is 14.6. The fourth-order valence-corrected chi connectivity index (χ4v) is 7.93. The Labute approximate surface area is 258 Å². The molecule has 2 atom stereocenters. The second kappa shape index (κ2) is 14.6. The van der Waals surface area contributed by atoms with Gasteiger partial charge in [-0.3, -0.25) is 14.3 Å². The Morgan fingerprint density at radius 1 is 0.860 bits per heavy atom. The van der Waals surface area contributed by atoms with E-state index in [0.29, 0.717) is 25.9 Å². The molecular formula is C32H53N2O8P. The molecule has 244 valence electrons. The summed E-state index contributed by atoms with van der Waals surface area (Å²) in [4.78, 5) is 43.0. The van der Waals surface area contributed by atoms with E-state index in [1.807, 2.05) is 30.3 Å². The van der Waals surface area contributed by atoms with Crippen LogP contribution in [0.3, 0.4) is 0 Å². The molecule has 0 aromatic heterocycles. The number of amides is 2. The Morgan fingerprint density at radius 3 is 1.88 bits per heavy atom. The van der Waals surface area contributed by atoms with Crippen LogP contribution < -0.4 is 0 Å². The third-order valence-corrected chi connectivity index (χ3v) is 9.98. The summed E-state index contributed by atoms with van der Waals surface area (Å²) in [5.74, 6) is -0.550. The molecule has 11 heteroatoms. The van der Waals surface area contributed by atoms with Gasteiger partial charge in [-0.15, -0.1) is 0 Å². The lowest BCUT2D eigenvalue weighted by Gasteiger charge is -2.46.